The molecule has 2 aliphatic heterocycles. The van der Waals surface area contributed by atoms with Gasteiger partial charge in [0.15, 0.2) is 5.82 Å². The zero-order valence-electron chi connectivity index (χ0n) is 17.4. The number of anilines is 1. The lowest BCUT2D eigenvalue weighted by atomic mass is 9.71. The van der Waals surface area contributed by atoms with Gasteiger partial charge in [-0.15, -0.1) is 0 Å². The van der Waals surface area contributed by atoms with Crippen LogP contribution in [-0.2, 0) is 4.74 Å². The first-order valence-electron chi connectivity index (χ1n) is 10.3. The van der Waals surface area contributed by atoms with E-state index in [-0.39, 0.29) is 6.09 Å². The molecule has 152 valence electrons. The molecule has 0 radical (unpaired) electrons. The molecule has 7 heteroatoms. The van der Waals surface area contributed by atoms with Crippen LogP contribution in [0.4, 0.5) is 10.6 Å². The number of nitrogens with zero attached hydrogens (tertiary/aromatic N) is 5. The fraction of sp³-hybridized carbons (Fsp3) is 0.667. The first kappa shape index (κ1) is 19.0. The number of amides is 1. The normalized spacial score (nSPS) is 20.0. The van der Waals surface area contributed by atoms with Crippen LogP contribution < -0.4 is 4.90 Å². The third kappa shape index (κ3) is 3.80. The van der Waals surface area contributed by atoms with Crippen molar-refractivity contribution in [2.75, 3.05) is 31.1 Å². The van der Waals surface area contributed by atoms with Crippen molar-refractivity contribution in [3.63, 3.8) is 0 Å². The van der Waals surface area contributed by atoms with Crippen molar-refractivity contribution >= 4 is 17.4 Å². The first-order valence-corrected chi connectivity index (χ1v) is 10.3. The summed E-state index contributed by atoms with van der Waals surface area (Å²) in [7, 11) is 0. The molecule has 28 heavy (non-hydrogen) atoms. The Morgan fingerprint density at radius 2 is 1.75 bits per heavy atom. The fourth-order valence-electron chi connectivity index (χ4n) is 4.46. The van der Waals surface area contributed by atoms with E-state index in [9.17, 15) is 4.79 Å². The quantitative estimate of drug-likeness (QED) is 0.750. The van der Waals surface area contributed by atoms with Crippen LogP contribution in [0.5, 0.6) is 0 Å². The fourth-order valence-corrected chi connectivity index (χ4v) is 4.46. The second-order valence-electron chi connectivity index (χ2n) is 9.32. The van der Waals surface area contributed by atoms with Crippen LogP contribution >= 0.6 is 0 Å². The maximum Gasteiger partial charge on any atom is 0.410 e. The maximum absolute atomic E-state index is 12.3. The standard InChI is InChI=1S/C21H31N5O2/c1-16-15-17-18(22-9-14-26(17)23-16)24-10-5-21(6-11-24)7-12-25(13-8-21)19(27)28-20(2,3)4/h9,14-15H,5-8,10-13H2,1-4H3. The summed E-state index contributed by atoms with van der Waals surface area (Å²) in [5, 5.41) is 4.50. The van der Waals surface area contributed by atoms with Crippen LogP contribution in [0.3, 0.4) is 0 Å². The lowest BCUT2D eigenvalue weighted by Gasteiger charge is -2.47. The van der Waals surface area contributed by atoms with E-state index in [1.807, 2.05) is 49.5 Å². The molecule has 2 saturated heterocycles. The van der Waals surface area contributed by atoms with Gasteiger partial charge in [0.25, 0.3) is 0 Å². The van der Waals surface area contributed by atoms with Gasteiger partial charge in [-0.2, -0.15) is 5.10 Å². The molecule has 4 rings (SSSR count). The van der Waals surface area contributed by atoms with Crippen molar-refractivity contribution < 1.29 is 9.53 Å². The number of fused-ring (bicyclic) bond motifs is 1. The van der Waals surface area contributed by atoms with Gasteiger partial charge in [-0.25, -0.2) is 14.3 Å². The molecule has 0 bridgehead atoms. The molecule has 7 nitrogen and oxygen atoms in total. The summed E-state index contributed by atoms with van der Waals surface area (Å²) in [5.41, 5.74) is 2.00. The molecule has 2 aromatic rings. The highest BCUT2D eigenvalue weighted by Crippen LogP contribution is 2.42. The zero-order valence-corrected chi connectivity index (χ0v) is 17.4. The summed E-state index contributed by atoms with van der Waals surface area (Å²) in [6, 6.07) is 2.10. The SMILES string of the molecule is Cc1cc2c(N3CCC4(CCN(C(=O)OC(C)(C)C)CC4)CC3)nccn2n1. The Morgan fingerprint density at radius 3 is 2.39 bits per heavy atom. The largest absolute Gasteiger partial charge is 0.444 e. The maximum atomic E-state index is 12.3. The molecule has 2 aromatic heterocycles. The number of hydrogen-bond acceptors (Lipinski definition) is 5. The van der Waals surface area contributed by atoms with Gasteiger partial charge >= 0.3 is 6.09 Å². The van der Waals surface area contributed by atoms with Gasteiger partial charge in [0.05, 0.1) is 5.69 Å². The van der Waals surface area contributed by atoms with Crippen LogP contribution in [0.25, 0.3) is 5.52 Å². The molecule has 0 aromatic carbocycles. The zero-order chi connectivity index (χ0) is 19.9. The predicted molar refractivity (Wildman–Crippen MR) is 109 cm³/mol. The van der Waals surface area contributed by atoms with E-state index in [1.54, 1.807) is 0 Å². The average Bonchev–Trinajstić information content (AvgIpc) is 3.02. The number of hydrogen-bond donors (Lipinski definition) is 0. The average molecular weight is 386 g/mol. The van der Waals surface area contributed by atoms with E-state index in [2.05, 4.69) is 21.0 Å². The summed E-state index contributed by atoms with van der Waals surface area (Å²) in [6.45, 7) is 11.4. The van der Waals surface area contributed by atoms with Crippen molar-refractivity contribution in [2.45, 2.75) is 59.0 Å². The van der Waals surface area contributed by atoms with E-state index >= 15 is 0 Å². The molecule has 1 spiro atoms. The van der Waals surface area contributed by atoms with E-state index < -0.39 is 5.60 Å². The van der Waals surface area contributed by atoms with E-state index in [1.165, 1.54) is 0 Å². The van der Waals surface area contributed by atoms with Crippen molar-refractivity contribution in [2.24, 2.45) is 5.41 Å². The molecular weight excluding hydrogens is 354 g/mol. The number of aryl methyl sites for hydroxylation is 1. The third-order valence-electron chi connectivity index (χ3n) is 6.09. The Morgan fingerprint density at radius 1 is 1.11 bits per heavy atom. The van der Waals surface area contributed by atoms with Crippen LogP contribution in [0.15, 0.2) is 18.5 Å². The monoisotopic (exact) mass is 385 g/mol. The number of carbonyl (C=O) groups is 1. The summed E-state index contributed by atoms with van der Waals surface area (Å²) in [6.07, 6.45) is 7.97. The Kier molecular flexibility index (Phi) is 4.71. The number of rotatable bonds is 1. The lowest BCUT2D eigenvalue weighted by Crippen LogP contribution is -2.49. The highest BCUT2D eigenvalue weighted by molar-refractivity contribution is 5.69. The number of aromatic nitrogens is 3. The van der Waals surface area contributed by atoms with Gasteiger partial charge in [0.1, 0.15) is 11.1 Å². The van der Waals surface area contributed by atoms with Gasteiger partial charge in [0.2, 0.25) is 0 Å². The number of likely N-dealkylation sites (tertiary alicyclic amines) is 1. The summed E-state index contributed by atoms with van der Waals surface area (Å²) in [5.74, 6) is 1.03. The topological polar surface area (TPSA) is 63.0 Å². The minimum Gasteiger partial charge on any atom is -0.444 e. The lowest BCUT2D eigenvalue weighted by molar-refractivity contribution is 0.00665. The molecule has 0 unspecified atom stereocenters. The summed E-state index contributed by atoms with van der Waals surface area (Å²) >= 11 is 0. The molecule has 0 saturated carbocycles. The van der Waals surface area contributed by atoms with Gasteiger partial charge < -0.3 is 14.5 Å². The molecule has 0 N–H and O–H groups in total. The summed E-state index contributed by atoms with van der Waals surface area (Å²) in [4.78, 5) is 21.2. The highest BCUT2D eigenvalue weighted by Gasteiger charge is 2.39. The first-order chi connectivity index (χ1) is 13.2. The minimum atomic E-state index is -0.433. The predicted octanol–water partition coefficient (Wildman–Crippen LogP) is 3.66. The van der Waals surface area contributed by atoms with E-state index in [0.717, 1.165) is 68.9 Å². The Hall–Kier alpha value is -2.31. The van der Waals surface area contributed by atoms with Gasteiger partial charge in [-0.1, -0.05) is 0 Å². The molecule has 2 fully saturated rings. The van der Waals surface area contributed by atoms with Crippen LogP contribution in [0.2, 0.25) is 0 Å². The highest BCUT2D eigenvalue weighted by atomic mass is 16.6. The Balaban J connectivity index is 1.37. The summed E-state index contributed by atoms with van der Waals surface area (Å²) < 4.78 is 7.45. The van der Waals surface area contributed by atoms with E-state index in [0.29, 0.717) is 5.41 Å². The smallest absolute Gasteiger partial charge is 0.410 e. The van der Waals surface area contributed by atoms with Crippen LogP contribution in [-0.4, -0.2) is 57.4 Å². The Labute approximate surface area is 166 Å². The minimum absolute atomic E-state index is 0.174. The van der Waals surface area contributed by atoms with E-state index in [4.69, 9.17) is 4.74 Å². The molecule has 2 aliphatic rings. The number of piperidine rings is 2. The van der Waals surface area contributed by atoms with Crippen molar-refractivity contribution in [3.05, 3.63) is 24.2 Å². The van der Waals surface area contributed by atoms with Crippen LogP contribution in [0.1, 0.15) is 52.1 Å². The Bertz CT molecular complexity index is 851. The molecule has 0 aliphatic carbocycles. The van der Waals surface area contributed by atoms with Gasteiger partial charge in [-0.05, 0) is 64.9 Å². The third-order valence-corrected chi connectivity index (χ3v) is 6.09. The number of ether oxygens (including phenoxy) is 1. The van der Waals surface area contributed by atoms with Gasteiger partial charge in [0, 0.05) is 38.6 Å². The van der Waals surface area contributed by atoms with Crippen molar-refractivity contribution in [1.29, 1.82) is 0 Å². The number of carbonyl (C=O) groups excluding carboxylic acids is 1. The molecule has 0 atom stereocenters. The second kappa shape index (κ2) is 6.94. The second-order valence-corrected chi connectivity index (χ2v) is 9.32. The van der Waals surface area contributed by atoms with Crippen molar-refractivity contribution in [3.8, 4) is 0 Å². The van der Waals surface area contributed by atoms with Gasteiger partial charge in [-0.3, -0.25) is 0 Å². The molecular formula is C21H31N5O2. The molecule has 1 amide bonds. The molecule has 4 heterocycles. The van der Waals surface area contributed by atoms with Crippen molar-refractivity contribution in [1.82, 2.24) is 19.5 Å². The van der Waals surface area contributed by atoms with Crippen LogP contribution in [0, 0.1) is 12.3 Å².